The summed E-state index contributed by atoms with van der Waals surface area (Å²) in [5.41, 5.74) is 1.98. The monoisotopic (exact) mass is 429 g/mol. The Balaban J connectivity index is 0.00000312. The molecule has 1 N–H and O–H groups in total. The van der Waals surface area contributed by atoms with E-state index in [2.05, 4.69) is 27.8 Å². The topological polar surface area (TPSA) is 30.5 Å². The summed E-state index contributed by atoms with van der Waals surface area (Å²) in [5.74, 6) is 1.07. The predicted octanol–water partition coefficient (Wildman–Crippen LogP) is 5.26. The Labute approximate surface area is 162 Å². The van der Waals surface area contributed by atoms with Crippen LogP contribution in [0.1, 0.15) is 18.1 Å². The van der Waals surface area contributed by atoms with Crippen LogP contribution in [0.15, 0.2) is 53.5 Å². The van der Waals surface area contributed by atoms with Gasteiger partial charge in [0.15, 0.2) is 11.5 Å². The summed E-state index contributed by atoms with van der Waals surface area (Å²) < 4.78 is 25.4. The van der Waals surface area contributed by atoms with Gasteiger partial charge in [-0.3, -0.25) is 0 Å². The summed E-state index contributed by atoms with van der Waals surface area (Å²) in [7, 11) is 0. The largest absolute Gasteiger partial charge is 0.490 e. The third kappa shape index (κ3) is 6.69. The highest BCUT2D eigenvalue weighted by Gasteiger charge is 2.12. The molecule has 0 aliphatic rings. The lowest BCUT2D eigenvalue weighted by Gasteiger charge is -2.16. The molecule has 0 heterocycles. The summed E-state index contributed by atoms with van der Waals surface area (Å²) in [4.78, 5) is 0. The Morgan fingerprint density at radius 1 is 1.16 bits per heavy atom. The first-order chi connectivity index (χ1) is 11.6. The van der Waals surface area contributed by atoms with Crippen molar-refractivity contribution in [2.75, 3.05) is 13.2 Å². The van der Waals surface area contributed by atoms with E-state index in [0.717, 1.165) is 22.1 Å². The molecule has 0 amide bonds. The SMILES string of the molecule is C=CCNCc1cc(Br)c(OCc2ccc(F)cc2)c(OCC)c1.Cl. The normalized spacial score (nSPS) is 10.0. The molecule has 0 atom stereocenters. The molecule has 0 bridgehead atoms. The summed E-state index contributed by atoms with van der Waals surface area (Å²) in [6.07, 6.45) is 1.82. The average Bonchev–Trinajstić information content (AvgIpc) is 2.56. The van der Waals surface area contributed by atoms with Crippen LogP contribution in [0.5, 0.6) is 11.5 Å². The van der Waals surface area contributed by atoms with Crippen molar-refractivity contribution in [3.63, 3.8) is 0 Å². The zero-order chi connectivity index (χ0) is 17.4. The second-order valence-corrected chi connectivity index (χ2v) is 6.03. The van der Waals surface area contributed by atoms with E-state index in [4.69, 9.17) is 9.47 Å². The second kappa shape index (κ2) is 11.1. The fourth-order valence-corrected chi connectivity index (χ4v) is 2.79. The lowest BCUT2D eigenvalue weighted by Crippen LogP contribution is -2.13. The molecular weight excluding hydrogens is 409 g/mol. The third-order valence-electron chi connectivity index (χ3n) is 3.28. The quantitative estimate of drug-likeness (QED) is 0.434. The van der Waals surface area contributed by atoms with Crippen LogP contribution in [0, 0.1) is 5.82 Å². The second-order valence-electron chi connectivity index (χ2n) is 5.17. The first-order valence-electron chi connectivity index (χ1n) is 7.78. The molecule has 0 spiro atoms. The number of hydrogen-bond acceptors (Lipinski definition) is 3. The Kier molecular flexibility index (Phi) is 9.57. The van der Waals surface area contributed by atoms with Crippen LogP contribution in [-0.2, 0) is 13.2 Å². The lowest BCUT2D eigenvalue weighted by atomic mass is 10.2. The van der Waals surface area contributed by atoms with Crippen LogP contribution in [0.25, 0.3) is 0 Å². The summed E-state index contributed by atoms with van der Waals surface area (Å²) in [6.45, 7) is 7.96. The van der Waals surface area contributed by atoms with Gasteiger partial charge in [-0.25, -0.2) is 4.39 Å². The molecule has 0 saturated heterocycles. The van der Waals surface area contributed by atoms with Gasteiger partial charge in [-0.1, -0.05) is 18.2 Å². The van der Waals surface area contributed by atoms with E-state index in [0.29, 0.717) is 31.3 Å². The van der Waals surface area contributed by atoms with Gasteiger partial charge in [-0.15, -0.1) is 19.0 Å². The standard InChI is InChI=1S/C19H21BrFNO2.ClH/c1-3-9-22-12-15-10-17(20)19(18(11-15)23-4-2)24-13-14-5-7-16(21)8-6-14;/h3,5-8,10-11,22H,1,4,9,12-13H2,2H3;1H. The maximum atomic E-state index is 13.0. The van der Waals surface area contributed by atoms with Crippen molar-refractivity contribution in [3.05, 3.63) is 70.5 Å². The summed E-state index contributed by atoms with van der Waals surface area (Å²) >= 11 is 3.55. The molecule has 0 aliphatic carbocycles. The van der Waals surface area contributed by atoms with Crippen molar-refractivity contribution < 1.29 is 13.9 Å². The van der Waals surface area contributed by atoms with Gasteiger partial charge in [0.2, 0.25) is 0 Å². The number of nitrogens with one attached hydrogen (secondary N) is 1. The van der Waals surface area contributed by atoms with Crippen molar-refractivity contribution in [1.82, 2.24) is 5.32 Å². The van der Waals surface area contributed by atoms with Gasteiger partial charge in [0.25, 0.3) is 0 Å². The molecule has 25 heavy (non-hydrogen) atoms. The summed E-state index contributed by atoms with van der Waals surface area (Å²) in [6, 6.07) is 10.2. The van der Waals surface area contributed by atoms with Gasteiger partial charge < -0.3 is 14.8 Å². The van der Waals surface area contributed by atoms with E-state index in [-0.39, 0.29) is 18.2 Å². The number of halogens is 3. The van der Waals surface area contributed by atoms with Crippen molar-refractivity contribution in [3.8, 4) is 11.5 Å². The smallest absolute Gasteiger partial charge is 0.175 e. The van der Waals surface area contributed by atoms with E-state index in [1.165, 1.54) is 12.1 Å². The van der Waals surface area contributed by atoms with Crippen LogP contribution in [0.4, 0.5) is 4.39 Å². The molecule has 3 nitrogen and oxygen atoms in total. The maximum Gasteiger partial charge on any atom is 0.175 e. The minimum absolute atomic E-state index is 0. The van der Waals surface area contributed by atoms with E-state index in [1.54, 1.807) is 12.1 Å². The first kappa shape index (κ1) is 21.5. The highest BCUT2D eigenvalue weighted by molar-refractivity contribution is 9.10. The number of hydrogen-bond donors (Lipinski definition) is 1. The van der Waals surface area contributed by atoms with Gasteiger partial charge in [0.05, 0.1) is 11.1 Å². The predicted molar refractivity (Wildman–Crippen MR) is 105 cm³/mol. The highest BCUT2D eigenvalue weighted by Crippen LogP contribution is 2.37. The molecule has 0 aromatic heterocycles. The molecule has 0 saturated carbocycles. The maximum absolute atomic E-state index is 13.0. The van der Waals surface area contributed by atoms with Gasteiger partial charge in [-0.2, -0.15) is 0 Å². The minimum Gasteiger partial charge on any atom is -0.490 e. The van der Waals surface area contributed by atoms with Crippen molar-refractivity contribution in [2.45, 2.75) is 20.1 Å². The molecule has 0 fully saturated rings. The Hall–Kier alpha value is -1.56. The first-order valence-corrected chi connectivity index (χ1v) is 8.57. The van der Waals surface area contributed by atoms with E-state index >= 15 is 0 Å². The van der Waals surface area contributed by atoms with Gasteiger partial charge in [0, 0.05) is 13.1 Å². The molecule has 136 valence electrons. The Morgan fingerprint density at radius 3 is 2.52 bits per heavy atom. The van der Waals surface area contributed by atoms with Gasteiger partial charge in [-0.05, 0) is 58.2 Å². The van der Waals surface area contributed by atoms with Crippen molar-refractivity contribution >= 4 is 28.3 Å². The van der Waals surface area contributed by atoms with Crippen LogP contribution in [0.3, 0.4) is 0 Å². The molecule has 2 aromatic rings. The fourth-order valence-electron chi connectivity index (χ4n) is 2.18. The number of ether oxygens (including phenoxy) is 2. The Bertz CT molecular complexity index is 680. The molecular formula is C19H22BrClFNO2. The van der Waals surface area contributed by atoms with E-state index in [9.17, 15) is 4.39 Å². The molecule has 0 radical (unpaired) electrons. The summed E-state index contributed by atoms with van der Waals surface area (Å²) in [5, 5.41) is 3.26. The van der Waals surface area contributed by atoms with Crippen molar-refractivity contribution in [2.24, 2.45) is 0 Å². The zero-order valence-corrected chi connectivity index (χ0v) is 16.5. The fraction of sp³-hybridized carbons (Fsp3) is 0.263. The molecule has 2 rings (SSSR count). The van der Waals surface area contributed by atoms with Crippen molar-refractivity contribution in [1.29, 1.82) is 0 Å². The van der Waals surface area contributed by atoms with Crippen LogP contribution >= 0.6 is 28.3 Å². The molecule has 0 aliphatic heterocycles. The van der Waals surface area contributed by atoms with E-state index in [1.807, 2.05) is 25.1 Å². The number of rotatable bonds is 9. The van der Waals surface area contributed by atoms with Crippen LogP contribution < -0.4 is 14.8 Å². The molecule has 2 aromatic carbocycles. The number of benzene rings is 2. The molecule has 0 unspecified atom stereocenters. The van der Waals surface area contributed by atoms with Gasteiger partial charge >= 0.3 is 0 Å². The van der Waals surface area contributed by atoms with Crippen LogP contribution in [0.2, 0.25) is 0 Å². The van der Waals surface area contributed by atoms with E-state index < -0.39 is 0 Å². The zero-order valence-electron chi connectivity index (χ0n) is 14.1. The lowest BCUT2D eigenvalue weighted by molar-refractivity contribution is 0.267. The third-order valence-corrected chi connectivity index (χ3v) is 3.87. The molecule has 6 heteroatoms. The Morgan fingerprint density at radius 2 is 1.88 bits per heavy atom. The van der Waals surface area contributed by atoms with Gasteiger partial charge in [0.1, 0.15) is 12.4 Å². The highest BCUT2D eigenvalue weighted by atomic mass is 79.9. The minimum atomic E-state index is -0.258. The average molecular weight is 431 g/mol. The van der Waals surface area contributed by atoms with Crippen LogP contribution in [-0.4, -0.2) is 13.2 Å².